The van der Waals surface area contributed by atoms with Crippen molar-refractivity contribution in [3.8, 4) is 0 Å². The van der Waals surface area contributed by atoms with Crippen LogP contribution in [0.3, 0.4) is 0 Å². The van der Waals surface area contributed by atoms with Crippen LogP contribution in [0.4, 0.5) is 0 Å². The number of rotatable bonds is 11. The first-order valence-corrected chi connectivity index (χ1v) is 11.4. The Balaban J connectivity index is 2.04. The van der Waals surface area contributed by atoms with Crippen LogP contribution in [0.15, 0.2) is 12.7 Å². The highest BCUT2D eigenvalue weighted by Gasteiger charge is 2.80. The smallest absolute Gasteiger partial charge is 0.310 e. The number of aliphatic hydroxyl groups excluding tert-OH is 1. The Hall–Kier alpha value is -1.93. The highest BCUT2D eigenvalue weighted by atomic mass is 16.5. The number of carboxylic acids is 1. The minimum atomic E-state index is -1.13. The summed E-state index contributed by atoms with van der Waals surface area (Å²) >= 11 is 0. The van der Waals surface area contributed by atoms with Crippen LogP contribution in [0.25, 0.3) is 0 Å². The maximum Gasteiger partial charge on any atom is 0.310 e. The van der Waals surface area contributed by atoms with Crippen LogP contribution < -0.4 is 0 Å². The van der Waals surface area contributed by atoms with Gasteiger partial charge in [-0.1, -0.05) is 26.3 Å². The van der Waals surface area contributed by atoms with Crippen molar-refractivity contribution in [1.29, 1.82) is 0 Å². The van der Waals surface area contributed by atoms with Crippen LogP contribution in [0.1, 0.15) is 52.9 Å². The monoisotopic (exact) mass is 436 g/mol. The van der Waals surface area contributed by atoms with Gasteiger partial charge in [-0.25, -0.2) is 0 Å². The first-order valence-electron chi connectivity index (χ1n) is 11.4. The molecule has 0 aromatic rings. The van der Waals surface area contributed by atoms with Gasteiger partial charge in [0.05, 0.1) is 11.5 Å². The SMILES string of the molecule is C=CCN(CCCC)C(=O)C1N(CCCCO)C(=O)[C@@H]2[C@@H](C(=O)O)[C@]3(C)OC12CC3C. The second-order valence-corrected chi connectivity index (χ2v) is 9.43. The van der Waals surface area contributed by atoms with E-state index in [2.05, 4.69) is 6.58 Å². The predicted octanol–water partition coefficient (Wildman–Crippen LogP) is 1.67. The van der Waals surface area contributed by atoms with Gasteiger partial charge in [0.25, 0.3) is 0 Å². The van der Waals surface area contributed by atoms with Gasteiger partial charge < -0.3 is 24.7 Å². The third-order valence-electron chi connectivity index (χ3n) is 7.56. The van der Waals surface area contributed by atoms with E-state index in [4.69, 9.17) is 4.74 Å². The number of carboxylic acid groups (broad SMARTS) is 1. The number of carbonyl (C=O) groups is 3. The summed E-state index contributed by atoms with van der Waals surface area (Å²) in [4.78, 5) is 42.9. The normalized spacial score (nSPS) is 36.0. The first-order chi connectivity index (χ1) is 14.7. The molecular formula is C23H36N2O6. The van der Waals surface area contributed by atoms with Gasteiger partial charge in [0.15, 0.2) is 0 Å². The summed E-state index contributed by atoms with van der Waals surface area (Å²) in [5, 5.41) is 19.2. The van der Waals surface area contributed by atoms with Gasteiger partial charge in [0, 0.05) is 26.2 Å². The van der Waals surface area contributed by atoms with Crippen molar-refractivity contribution in [2.75, 3.05) is 26.2 Å². The number of amides is 2. The number of fused-ring (bicyclic) bond motifs is 1. The summed E-state index contributed by atoms with van der Waals surface area (Å²) in [5.74, 6) is -3.50. The van der Waals surface area contributed by atoms with Crippen molar-refractivity contribution in [3.05, 3.63) is 12.7 Å². The van der Waals surface area contributed by atoms with Crippen LogP contribution in [0, 0.1) is 17.8 Å². The summed E-state index contributed by atoms with van der Waals surface area (Å²) in [6.45, 7) is 10.7. The average molecular weight is 437 g/mol. The quantitative estimate of drug-likeness (QED) is 0.377. The lowest BCUT2D eigenvalue weighted by atomic mass is 9.62. The molecule has 1 spiro atoms. The van der Waals surface area contributed by atoms with Crippen LogP contribution >= 0.6 is 0 Å². The van der Waals surface area contributed by atoms with E-state index >= 15 is 0 Å². The van der Waals surface area contributed by atoms with E-state index in [1.54, 1.807) is 17.9 Å². The van der Waals surface area contributed by atoms with E-state index in [9.17, 15) is 24.6 Å². The van der Waals surface area contributed by atoms with E-state index < -0.39 is 35.0 Å². The minimum Gasteiger partial charge on any atom is -0.481 e. The van der Waals surface area contributed by atoms with Gasteiger partial charge in [-0.05, 0) is 38.5 Å². The number of aliphatic carboxylic acids is 1. The number of carbonyl (C=O) groups excluding carboxylic acids is 2. The lowest BCUT2D eigenvalue weighted by molar-refractivity contribution is -0.157. The minimum absolute atomic E-state index is 0.00232. The second kappa shape index (κ2) is 8.90. The molecule has 0 radical (unpaired) electrons. The Kier molecular flexibility index (Phi) is 6.81. The van der Waals surface area contributed by atoms with Crippen molar-refractivity contribution >= 4 is 17.8 Å². The molecule has 174 valence electrons. The van der Waals surface area contributed by atoms with Crippen molar-refractivity contribution in [3.63, 3.8) is 0 Å². The Morgan fingerprint density at radius 1 is 1.35 bits per heavy atom. The molecule has 0 aromatic heterocycles. The van der Waals surface area contributed by atoms with Crippen molar-refractivity contribution in [2.45, 2.75) is 70.1 Å². The zero-order valence-electron chi connectivity index (χ0n) is 18.9. The molecule has 31 heavy (non-hydrogen) atoms. The molecule has 8 nitrogen and oxygen atoms in total. The zero-order chi connectivity index (χ0) is 23.0. The van der Waals surface area contributed by atoms with Gasteiger partial charge >= 0.3 is 5.97 Å². The fourth-order valence-corrected chi connectivity index (χ4v) is 6.00. The fourth-order valence-electron chi connectivity index (χ4n) is 6.00. The number of aliphatic hydroxyl groups is 1. The summed E-state index contributed by atoms with van der Waals surface area (Å²) < 4.78 is 6.46. The molecule has 2 amide bonds. The third kappa shape index (κ3) is 3.57. The molecule has 0 aromatic carbocycles. The molecule has 3 unspecified atom stereocenters. The lowest BCUT2D eigenvalue weighted by Gasteiger charge is -2.37. The standard InChI is InChI=1S/C23H36N2O6/c1-5-7-11-24(10-6-2)20(28)18-23-14-15(3)22(4,31-23)17(21(29)30)16(23)19(27)25(18)12-8-9-13-26/h6,15-18,26H,2,5,7-14H2,1,3-4H3,(H,29,30)/t15?,16-,17-,18?,22+,23?/m0/s1. The van der Waals surface area contributed by atoms with E-state index in [1.807, 2.05) is 13.8 Å². The van der Waals surface area contributed by atoms with Crippen molar-refractivity contribution in [2.24, 2.45) is 17.8 Å². The number of ether oxygens (including phenoxy) is 1. The summed E-state index contributed by atoms with van der Waals surface area (Å²) in [6.07, 6.45) is 4.94. The number of hydrogen-bond acceptors (Lipinski definition) is 5. The average Bonchev–Trinajstić information content (AvgIpc) is 3.22. The predicted molar refractivity (Wildman–Crippen MR) is 114 cm³/mol. The Bertz CT molecular complexity index is 742. The van der Waals surface area contributed by atoms with E-state index in [0.29, 0.717) is 38.9 Å². The number of hydrogen-bond donors (Lipinski definition) is 2. The molecule has 0 aliphatic carbocycles. The van der Waals surface area contributed by atoms with E-state index in [0.717, 1.165) is 12.8 Å². The number of likely N-dealkylation sites (tertiary alicyclic amines) is 1. The van der Waals surface area contributed by atoms with Crippen LogP contribution in [-0.4, -0.2) is 81.3 Å². The van der Waals surface area contributed by atoms with Gasteiger partial charge in [0.1, 0.15) is 17.6 Å². The van der Waals surface area contributed by atoms with Crippen LogP contribution in [0.2, 0.25) is 0 Å². The maximum absolute atomic E-state index is 13.9. The summed E-state index contributed by atoms with van der Waals surface area (Å²) in [5.41, 5.74) is -2.11. The molecule has 3 heterocycles. The van der Waals surface area contributed by atoms with Crippen LogP contribution in [-0.2, 0) is 19.1 Å². The Morgan fingerprint density at radius 3 is 2.65 bits per heavy atom. The molecule has 2 bridgehead atoms. The molecule has 3 aliphatic rings. The highest BCUT2D eigenvalue weighted by Crippen LogP contribution is 2.65. The number of unbranched alkanes of at least 4 members (excludes halogenated alkanes) is 2. The lowest BCUT2D eigenvalue weighted by Crippen LogP contribution is -2.56. The highest BCUT2D eigenvalue weighted by molar-refractivity contribution is 5.98. The molecule has 3 rings (SSSR count). The van der Waals surface area contributed by atoms with E-state index in [-0.39, 0.29) is 24.3 Å². The van der Waals surface area contributed by atoms with Gasteiger partial charge in [-0.15, -0.1) is 6.58 Å². The molecule has 3 aliphatic heterocycles. The zero-order valence-corrected chi connectivity index (χ0v) is 18.9. The second-order valence-electron chi connectivity index (χ2n) is 9.43. The van der Waals surface area contributed by atoms with E-state index in [1.165, 1.54) is 4.90 Å². The topological polar surface area (TPSA) is 107 Å². The molecule has 0 saturated carbocycles. The van der Waals surface area contributed by atoms with Crippen LogP contribution in [0.5, 0.6) is 0 Å². The summed E-state index contributed by atoms with van der Waals surface area (Å²) in [6, 6.07) is -0.853. The number of nitrogens with zero attached hydrogens (tertiary/aromatic N) is 2. The molecule has 3 fully saturated rings. The van der Waals surface area contributed by atoms with Crippen molar-refractivity contribution in [1.82, 2.24) is 9.80 Å². The Labute approximate surface area is 184 Å². The molecule has 3 saturated heterocycles. The summed E-state index contributed by atoms with van der Waals surface area (Å²) in [7, 11) is 0. The first kappa shape index (κ1) is 23.7. The fraction of sp³-hybridized carbons (Fsp3) is 0.783. The molecule has 8 heteroatoms. The van der Waals surface area contributed by atoms with Gasteiger partial charge in [0.2, 0.25) is 11.8 Å². The Morgan fingerprint density at radius 2 is 2.06 bits per heavy atom. The van der Waals surface area contributed by atoms with Gasteiger partial charge in [-0.2, -0.15) is 0 Å². The molecule has 6 atom stereocenters. The molecule has 2 N–H and O–H groups in total. The third-order valence-corrected chi connectivity index (χ3v) is 7.56. The van der Waals surface area contributed by atoms with Gasteiger partial charge in [-0.3, -0.25) is 14.4 Å². The van der Waals surface area contributed by atoms with Crippen molar-refractivity contribution < 1.29 is 29.3 Å². The molecular weight excluding hydrogens is 400 g/mol. The maximum atomic E-state index is 13.9. The largest absolute Gasteiger partial charge is 0.481 e.